The summed E-state index contributed by atoms with van der Waals surface area (Å²) in [5.41, 5.74) is 2.18. The maximum Gasteiger partial charge on any atom is 0.213 e. The summed E-state index contributed by atoms with van der Waals surface area (Å²) in [7, 11) is 3.33. The second-order valence-corrected chi connectivity index (χ2v) is 4.97. The van der Waals surface area contributed by atoms with Gasteiger partial charge in [0.05, 0.1) is 19.9 Å². The van der Waals surface area contributed by atoms with Crippen molar-refractivity contribution >= 4 is 0 Å². The number of rotatable bonds is 7. The van der Waals surface area contributed by atoms with Gasteiger partial charge in [-0.1, -0.05) is 24.3 Å². The summed E-state index contributed by atoms with van der Waals surface area (Å²) in [6.45, 7) is 2.88. The lowest BCUT2D eigenvalue weighted by atomic mass is 10.1. The molecule has 0 aliphatic rings. The Morgan fingerprint density at radius 1 is 1.05 bits per heavy atom. The van der Waals surface area contributed by atoms with Crippen LogP contribution < -0.4 is 14.8 Å². The third kappa shape index (κ3) is 4.46. The number of hydrogen-bond donors (Lipinski definition) is 1. The zero-order valence-corrected chi connectivity index (χ0v) is 12.8. The Morgan fingerprint density at radius 2 is 1.86 bits per heavy atom. The molecule has 1 aromatic heterocycles. The monoisotopic (exact) mass is 286 g/mol. The normalized spacial score (nSPS) is 12.0. The van der Waals surface area contributed by atoms with Crippen LogP contribution >= 0.6 is 0 Å². The smallest absolute Gasteiger partial charge is 0.213 e. The number of nitrogens with one attached hydrogen (secondary N) is 1. The van der Waals surface area contributed by atoms with Crippen molar-refractivity contribution in [3.05, 3.63) is 53.7 Å². The van der Waals surface area contributed by atoms with E-state index in [4.69, 9.17) is 9.47 Å². The molecule has 1 heterocycles. The minimum atomic E-state index is 0.328. The van der Waals surface area contributed by atoms with Gasteiger partial charge in [-0.25, -0.2) is 4.98 Å². The number of ether oxygens (including phenoxy) is 2. The highest BCUT2D eigenvalue weighted by atomic mass is 16.5. The number of para-hydroxylation sites is 1. The first kappa shape index (κ1) is 15.3. The van der Waals surface area contributed by atoms with Crippen molar-refractivity contribution in [1.29, 1.82) is 0 Å². The number of nitrogens with zero attached hydrogens (tertiary/aromatic N) is 1. The van der Waals surface area contributed by atoms with Gasteiger partial charge in [-0.3, -0.25) is 0 Å². The highest BCUT2D eigenvalue weighted by molar-refractivity contribution is 5.33. The fraction of sp³-hybridized carbons (Fsp3) is 0.353. The van der Waals surface area contributed by atoms with E-state index in [0.717, 1.165) is 17.9 Å². The molecule has 0 amide bonds. The van der Waals surface area contributed by atoms with Crippen LogP contribution in [0.2, 0.25) is 0 Å². The Labute approximate surface area is 126 Å². The molecule has 1 aromatic carbocycles. The van der Waals surface area contributed by atoms with Crippen molar-refractivity contribution in [3.63, 3.8) is 0 Å². The molecule has 1 N–H and O–H groups in total. The van der Waals surface area contributed by atoms with E-state index in [1.165, 1.54) is 5.56 Å². The van der Waals surface area contributed by atoms with Crippen molar-refractivity contribution in [2.45, 2.75) is 25.9 Å². The summed E-state index contributed by atoms with van der Waals surface area (Å²) in [4.78, 5) is 4.39. The molecule has 0 spiro atoms. The van der Waals surface area contributed by atoms with Crippen LogP contribution in [0, 0.1) is 0 Å². The topological polar surface area (TPSA) is 43.4 Å². The average Bonchev–Trinajstić information content (AvgIpc) is 2.53. The Balaban J connectivity index is 1.91. The summed E-state index contributed by atoms with van der Waals surface area (Å²) in [6, 6.07) is 14.2. The number of benzene rings is 1. The molecular formula is C17H22N2O2. The van der Waals surface area contributed by atoms with E-state index >= 15 is 0 Å². The maximum atomic E-state index is 5.38. The summed E-state index contributed by atoms with van der Waals surface area (Å²) >= 11 is 0. The second kappa shape index (κ2) is 7.64. The van der Waals surface area contributed by atoms with Crippen LogP contribution in [-0.4, -0.2) is 25.2 Å². The lowest BCUT2D eigenvalue weighted by molar-refractivity contribution is 0.394. The Hall–Kier alpha value is -2.07. The van der Waals surface area contributed by atoms with Crippen LogP contribution in [0.15, 0.2) is 42.5 Å². The Bertz CT molecular complexity index is 572. The average molecular weight is 286 g/mol. The number of aromatic nitrogens is 1. The minimum Gasteiger partial charge on any atom is -0.496 e. The molecule has 1 atom stereocenters. The van der Waals surface area contributed by atoms with Crippen molar-refractivity contribution in [3.8, 4) is 11.6 Å². The molecular weight excluding hydrogens is 264 g/mol. The predicted octanol–water partition coefficient (Wildman–Crippen LogP) is 2.82. The Morgan fingerprint density at radius 3 is 2.62 bits per heavy atom. The van der Waals surface area contributed by atoms with Crippen LogP contribution in [0.4, 0.5) is 0 Å². The minimum absolute atomic E-state index is 0.328. The number of pyridine rings is 1. The molecule has 2 rings (SSSR count). The zero-order valence-electron chi connectivity index (χ0n) is 12.8. The molecule has 0 saturated heterocycles. The van der Waals surface area contributed by atoms with Crippen molar-refractivity contribution < 1.29 is 9.47 Å². The van der Waals surface area contributed by atoms with Crippen LogP contribution in [0.25, 0.3) is 0 Å². The van der Waals surface area contributed by atoms with E-state index < -0.39 is 0 Å². The molecule has 0 bridgehead atoms. The van der Waals surface area contributed by atoms with Crippen molar-refractivity contribution in [2.75, 3.05) is 14.2 Å². The molecule has 0 fully saturated rings. The van der Waals surface area contributed by atoms with Crippen LogP contribution in [0.5, 0.6) is 11.6 Å². The van der Waals surface area contributed by atoms with Gasteiger partial charge in [0.1, 0.15) is 5.75 Å². The lowest BCUT2D eigenvalue weighted by Gasteiger charge is -2.15. The van der Waals surface area contributed by atoms with Gasteiger partial charge < -0.3 is 14.8 Å². The standard InChI is InChI=1S/C17H22N2O2/c1-13(11-14-7-4-5-9-16(14)20-2)18-12-15-8-6-10-17(19-15)21-3/h4-10,13,18H,11-12H2,1-3H3. The summed E-state index contributed by atoms with van der Waals surface area (Å²) in [5.74, 6) is 1.58. The summed E-state index contributed by atoms with van der Waals surface area (Å²) < 4.78 is 10.5. The zero-order chi connectivity index (χ0) is 15.1. The summed E-state index contributed by atoms with van der Waals surface area (Å²) in [5, 5.41) is 3.48. The quantitative estimate of drug-likeness (QED) is 0.850. The number of methoxy groups -OCH3 is 2. The molecule has 0 radical (unpaired) electrons. The Kier molecular flexibility index (Phi) is 5.58. The molecule has 4 nitrogen and oxygen atoms in total. The van der Waals surface area contributed by atoms with Crippen LogP contribution in [-0.2, 0) is 13.0 Å². The first-order chi connectivity index (χ1) is 10.2. The number of hydrogen-bond acceptors (Lipinski definition) is 4. The van der Waals surface area contributed by atoms with Gasteiger partial charge >= 0.3 is 0 Å². The fourth-order valence-corrected chi connectivity index (χ4v) is 2.22. The largest absolute Gasteiger partial charge is 0.496 e. The highest BCUT2D eigenvalue weighted by Crippen LogP contribution is 2.19. The highest BCUT2D eigenvalue weighted by Gasteiger charge is 2.08. The van der Waals surface area contributed by atoms with Gasteiger partial charge in [-0.05, 0) is 31.0 Å². The lowest BCUT2D eigenvalue weighted by Crippen LogP contribution is -2.28. The van der Waals surface area contributed by atoms with Crippen molar-refractivity contribution in [1.82, 2.24) is 10.3 Å². The van der Waals surface area contributed by atoms with E-state index in [1.54, 1.807) is 14.2 Å². The van der Waals surface area contributed by atoms with Gasteiger partial charge in [-0.15, -0.1) is 0 Å². The second-order valence-electron chi connectivity index (χ2n) is 4.97. The van der Waals surface area contributed by atoms with Gasteiger partial charge in [0.2, 0.25) is 5.88 Å². The van der Waals surface area contributed by atoms with Crippen LogP contribution in [0.3, 0.4) is 0 Å². The van der Waals surface area contributed by atoms with E-state index in [1.807, 2.05) is 36.4 Å². The van der Waals surface area contributed by atoms with E-state index in [-0.39, 0.29) is 0 Å². The molecule has 0 aliphatic heterocycles. The SMILES string of the molecule is COc1cccc(CNC(C)Cc2ccccc2OC)n1. The third-order valence-corrected chi connectivity index (χ3v) is 3.34. The van der Waals surface area contributed by atoms with Gasteiger partial charge in [0.15, 0.2) is 0 Å². The maximum absolute atomic E-state index is 5.38. The molecule has 1 unspecified atom stereocenters. The molecule has 0 saturated carbocycles. The summed E-state index contributed by atoms with van der Waals surface area (Å²) in [6.07, 6.45) is 0.911. The van der Waals surface area contributed by atoms with E-state index in [0.29, 0.717) is 18.5 Å². The van der Waals surface area contributed by atoms with Crippen molar-refractivity contribution in [2.24, 2.45) is 0 Å². The van der Waals surface area contributed by atoms with Gasteiger partial charge in [0, 0.05) is 18.7 Å². The predicted molar refractivity (Wildman–Crippen MR) is 83.8 cm³/mol. The van der Waals surface area contributed by atoms with E-state index in [9.17, 15) is 0 Å². The fourth-order valence-electron chi connectivity index (χ4n) is 2.22. The first-order valence-electron chi connectivity index (χ1n) is 7.08. The third-order valence-electron chi connectivity index (χ3n) is 3.34. The van der Waals surface area contributed by atoms with Gasteiger partial charge in [0.25, 0.3) is 0 Å². The molecule has 4 heteroatoms. The van der Waals surface area contributed by atoms with Crippen LogP contribution in [0.1, 0.15) is 18.2 Å². The molecule has 2 aromatic rings. The van der Waals surface area contributed by atoms with E-state index in [2.05, 4.69) is 23.3 Å². The molecule has 112 valence electrons. The molecule has 0 aliphatic carbocycles. The van der Waals surface area contributed by atoms with Gasteiger partial charge in [-0.2, -0.15) is 0 Å². The first-order valence-corrected chi connectivity index (χ1v) is 7.08. The molecule has 21 heavy (non-hydrogen) atoms.